The van der Waals surface area contributed by atoms with E-state index in [0.29, 0.717) is 38.9 Å². The number of carbonyl (C=O) groups is 2. The summed E-state index contributed by atoms with van der Waals surface area (Å²) in [5.41, 5.74) is 4.28. The van der Waals surface area contributed by atoms with Gasteiger partial charge in [-0.3, -0.25) is 9.59 Å². The molecule has 4 rings (SSSR count). The zero-order valence-electron chi connectivity index (χ0n) is 18.1. The molecule has 0 radical (unpaired) electrons. The van der Waals surface area contributed by atoms with Crippen LogP contribution in [0.3, 0.4) is 0 Å². The maximum atomic E-state index is 12.3. The number of ether oxygens (including phenoxy) is 2. The summed E-state index contributed by atoms with van der Waals surface area (Å²) in [7, 11) is 0. The van der Waals surface area contributed by atoms with Crippen molar-refractivity contribution >= 4 is 22.7 Å². The molecule has 0 atom stereocenters. The van der Waals surface area contributed by atoms with E-state index in [1.54, 1.807) is 0 Å². The van der Waals surface area contributed by atoms with E-state index in [1.807, 2.05) is 38.1 Å². The highest BCUT2D eigenvalue weighted by molar-refractivity contribution is 5.93. The van der Waals surface area contributed by atoms with Crippen LogP contribution >= 0.6 is 0 Å². The van der Waals surface area contributed by atoms with Gasteiger partial charge in [0.1, 0.15) is 0 Å². The number of carbonyl (C=O) groups excluding carboxylic acids is 2. The molecular weight excluding hydrogens is 388 g/mol. The van der Waals surface area contributed by atoms with Crippen LogP contribution in [0.15, 0.2) is 60.7 Å². The zero-order chi connectivity index (χ0) is 21.8. The third-order valence-corrected chi connectivity index (χ3v) is 6.26. The topological polar surface area (TPSA) is 52.6 Å². The van der Waals surface area contributed by atoms with Crippen LogP contribution in [-0.2, 0) is 24.5 Å². The molecule has 0 heterocycles. The second-order valence-electron chi connectivity index (χ2n) is 7.98. The molecule has 0 fully saturated rings. The summed E-state index contributed by atoms with van der Waals surface area (Å²) >= 11 is 0. The summed E-state index contributed by atoms with van der Waals surface area (Å²) in [6.07, 6.45) is 1.79. The molecule has 3 aromatic rings. The Bertz CT molecular complexity index is 1090. The monoisotopic (exact) mass is 416 g/mol. The lowest BCUT2D eigenvalue weighted by Crippen LogP contribution is -2.28. The highest BCUT2D eigenvalue weighted by Gasteiger charge is 2.43. The Morgan fingerprint density at radius 2 is 1.26 bits per heavy atom. The smallest absolute Gasteiger partial charge is 0.305 e. The molecule has 4 heteroatoms. The van der Waals surface area contributed by atoms with Crippen molar-refractivity contribution in [2.24, 2.45) is 0 Å². The summed E-state index contributed by atoms with van der Waals surface area (Å²) < 4.78 is 10.5. The summed E-state index contributed by atoms with van der Waals surface area (Å²) in [5, 5.41) is 2.34. The molecule has 0 saturated carbocycles. The Morgan fingerprint density at radius 3 is 1.87 bits per heavy atom. The Labute approximate surface area is 183 Å². The van der Waals surface area contributed by atoms with Crippen LogP contribution in [-0.4, -0.2) is 25.2 Å². The zero-order valence-corrected chi connectivity index (χ0v) is 18.1. The van der Waals surface area contributed by atoms with E-state index in [4.69, 9.17) is 9.47 Å². The largest absolute Gasteiger partial charge is 0.466 e. The Morgan fingerprint density at radius 1 is 0.710 bits per heavy atom. The first kappa shape index (κ1) is 21.1. The molecule has 0 unspecified atom stereocenters. The van der Waals surface area contributed by atoms with Gasteiger partial charge in [0.2, 0.25) is 0 Å². The predicted octanol–water partition coefficient (Wildman–Crippen LogP) is 5.79. The van der Waals surface area contributed by atoms with Gasteiger partial charge in [-0.1, -0.05) is 48.5 Å². The van der Waals surface area contributed by atoms with Gasteiger partial charge in [-0.15, -0.1) is 0 Å². The van der Waals surface area contributed by atoms with Crippen LogP contribution in [0, 0.1) is 0 Å². The SMILES string of the molecule is CCOC(=O)CCC1(CCC(=O)OCC)c2ccccc2-c2cc3ccccc3cc21. The van der Waals surface area contributed by atoms with E-state index >= 15 is 0 Å². The summed E-state index contributed by atoms with van der Waals surface area (Å²) in [5.74, 6) is -0.408. The maximum absolute atomic E-state index is 12.3. The van der Waals surface area contributed by atoms with Gasteiger partial charge in [-0.05, 0) is 71.8 Å². The quantitative estimate of drug-likeness (QED) is 0.436. The highest BCUT2D eigenvalue weighted by atomic mass is 16.5. The third-order valence-electron chi connectivity index (χ3n) is 6.26. The lowest BCUT2D eigenvalue weighted by Gasteiger charge is -2.32. The molecule has 0 bridgehead atoms. The number of esters is 2. The third kappa shape index (κ3) is 3.95. The van der Waals surface area contributed by atoms with Crippen molar-refractivity contribution in [3.63, 3.8) is 0 Å². The number of hydrogen-bond acceptors (Lipinski definition) is 4. The van der Waals surface area contributed by atoms with Crippen LogP contribution in [0.1, 0.15) is 50.7 Å². The second kappa shape index (κ2) is 8.93. The first-order chi connectivity index (χ1) is 15.1. The molecule has 3 aromatic carbocycles. The van der Waals surface area contributed by atoms with E-state index < -0.39 is 5.41 Å². The van der Waals surface area contributed by atoms with Gasteiger partial charge in [0, 0.05) is 18.3 Å². The minimum absolute atomic E-state index is 0.204. The molecule has 0 spiro atoms. The first-order valence-electron chi connectivity index (χ1n) is 11.0. The molecule has 160 valence electrons. The lowest BCUT2D eigenvalue weighted by atomic mass is 9.71. The van der Waals surface area contributed by atoms with E-state index in [9.17, 15) is 9.59 Å². The van der Waals surface area contributed by atoms with E-state index in [0.717, 1.165) is 5.39 Å². The highest BCUT2D eigenvalue weighted by Crippen LogP contribution is 2.54. The number of fused-ring (bicyclic) bond motifs is 4. The lowest BCUT2D eigenvalue weighted by molar-refractivity contribution is -0.143. The minimum Gasteiger partial charge on any atom is -0.466 e. The molecule has 0 saturated heterocycles. The fraction of sp³-hybridized carbons (Fsp3) is 0.333. The van der Waals surface area contributed by atoms with Crippen molar-refractivity contribution in [1.82, 2.24) is 0 Å². The summed E-state index contributed by atoms with van der Waals surface area (Å²) in [6.45, 7) is 4.38. The van der Waals surface area contributed by atoms with E-state index in [1.165, 1.54) is 27.6 Å². The van der Waals surface area contributed by atoms with Crippen LogP contribution in [0.25, 0.3) is 21.9 Å². The average molecular weight is 417 g/mol. The molecule has 0 aliphatic heterocycles. The van der Waals surface area contributed by atoms with Crippen molar-refractivity contribution in [1.29, 1.82) is 0 Å². The first-order valence-corrected chi connectivity index (χ1v) is 11.0. The second-order valence-corrected chi connectivity index (χ2v) is 7.98. The van der Waals surface area contributed by atoms with E-state index in [-0.39, 0.29) is 11.9 Å². The minimum atomic E-state index is -0.435. The van der Waals surface area contributed by atoms with Gasteiger partial charge in [0.05, 0.1) is 13.2 Å². The molecular formula is C27H28O4. The van der Waals surface area contributed by atoms with Crippen molar-refractivity contribution in [2.75, 3.05) is 13.2 Å². The molecule has 0 amide bonds. The van der Waals surface area contributed by atoms with Gasteiger partial charge in [-0.25, -0.2) is 0 Å². The molecule has 0 aromatic heterocycles. The number of hydrogen-bond donors (Lipinski definition) is 0. The maximum Gasteiger partial charge on any atom is 0.305 e. The van der Waals surface area contributed by atoms with Crippen LogP contribution in [0.2, 0.25) is 0 Å². The Kier molecular flexibility index (Phi) is 6.08. The number of rotatable bonds is 8. The molecule has 1 aliphatic carbocycles. The normalized spacial score (nSPS) is 13.5. The standard InChI is InChI=1S/C27H28O4/c1-3-30-25(28)13-15-27(16-14-26(29)31-4-2)23-12-8-7-11-21(23)22-17-19-9-5-6-10-20(19)18-24(22)27/h5-12,17-18H,3-4,13-16H2,1-2H3. The van der Waals surface area contributed by atoms with Gasteiger partial charge < -0.3 is 9.47 Å². The van der Waals surface area contributed by atoms with Crippen molar-refractivity contribution in [2.45, 2.75) is 44.9 Å². The van der Waals surface area contributed by atoms with Crippen molar-refractivity contribution < 1.29 is 19.1 Å². The van der Waals surface area contributed by atoms with Crippen LogP contribution < -0.4 is 0 Å². The fourth-order valence-corrected chi connectivity index (χ4v) is 4.90. The summed E-state index contributed by atoms with van der Waals surface area (Å²) in [4.78, 5) is 24.6. The fourth-order valence-electron chi connectivity index (χ4n) is 4.90. The summed E-state index contributed by atoms with van der Waals surface area (Å²) in [6, 6.07) is 21.1. The van der Waals surface area contributed by atoms with Crippen LogP contribution in [0.5, 0.6) is 0 Å². The van der Waals surface area contributed by atoms with Crippen molar-refractivity contribution in [3.8, 4) is 11.1 Å². The predicted molar refractivity (Wildman–Crippen MR) is 122 cm³/mol. The molecule has 31 heavy (non-hydrogen) atoms. The molecule has 4 nitrogen and oxygen atoms in total. The van der Waals surface area contributed by atoms with Gasteiger partial charge in [-0.2, -0.15) is 0 Å². The van der Waals surface area contributed by atoms with Gasteiger partial charge in [0.15, 0.2) is 0 Å². The van der Waals surface area contributed by atoms with Gasteiger partial charge in [0.25, 0.3) is 0 Å². The molecule has 1 aliphatic rings. The Hall–Kier alpha value is -3.14. The average Bonchev–Trinajstić information content (AvgIpc) is 3.05. The Balaban J connectivity index is 1.84. The van der Waals surface area contributed by atoms with Gasteiger partial charge >= 0.3 is 11.9 Å². The van der Waals surface area contributed by atoms with Crippen LogP contribution in [0.4, 0.5) is 0 Å². The van der Waals surface area contributed by atoms with E-state index in [2.05, 4.69) is 36.4 Å². The number of benzene rings is 3. The molecule has 0 N–H and O–H groups in total. The van der Waals surface area contributed by atoms with Crippen molar-refractivity contribution in [3.05, 3.63) is 71.8 Å².